The van der Waals surface area contributed by atoms with Crippen LogP contribution in [-0.2, 0) is 4.79 Å². The molecule has 1 unspecified atom stereocenters. The molecule has 1 atom stereocenters. The van der Waals surface area contributed by atoms with Gasteiger partial charge in [-0.1, -0.05) is 0 Å². The Balaban J connectivity index is 2.51. The van der Waals surface area contributed by atoms with Crippen LogP contribution in [0.4, 0.5) is 0 Å². The average molecular weight is 345 g/mol. The summed E-state index contributed by atoms with van der Waals surface area (Å²) < 4.78 is 11.0. The van der Waals surface area contributed by atoms with E-state index in [-0.39, 0.29) is 18.1 Å². The highest BCUT2D eigenvalue weighted by atomic mass is 79.9. The topological polar surface area (TPSA) is 76.0 Å². The molecule has 0 spiro atoms. The van der Waals surface area contributed by atoms with Crippen molar-refractivity contribution >= 4 is 21.9 Å². The first-order valence-corrected chi connectivity index (χ1v) is 7.14. The van der Waals surface area contributed by atoms with Gasteiger partial charge in [-0.2, -0.15) is 0 Å². The predicted octanol–water partition coefficient (Wildman–Crippen LogP) is 3.14. The number of carboxylic acids is 1. The van der Waals surface area contributed by atoms with Crippen LogP contribution in [-0.4, -0.2) is 30.4 Å². The van der Waals surface area contributed by atoms with Crippen molar-refractivity contribution in [2.45, 2.75) is 25.2 Å². The first-order chi connectivity index (χ1) is 9.49. The zero-order valence-electron chi connectivity index (χ0n) is 11.4. The quantitative estimate of drug-likeness (QED) is 0.828. The molecule has 1 aliphatic rings. The third-order valence-corrected chi connectivity index (χ3v) is 4.37. The molecule has 0 heterocycles. The smallest absolute Gasteiger partial charge is 0.303 e. The third kappa shape index (κ3) is 2.85. The number of benzene rings is 1. The van der Waals surface area contributed by atoms with Crippen molar-refractivity contribution < 1.29 is 24.5 Å². The van der Waals surface area contributed by atoms with Gasteiger partial charge < -0.3 is 19.7 Å². The molecule has 1 aliphatic carbocycles. The summed E-state index contributed by atoms with van der Waals surface area (Å²) in [5.41, 5.74) is 0.590. The molecule has 1 saturated carbocycles. The lowest BCUT2D eigenvalue weighted by atomic mass is 9.90. The molecule has 2 rings (SSSR count). The third-order valence-electron chi connectivity index (χ3n) is 3.58. The van der Waals surface area contributed by atoms with Crippen molar-refractivity contribution in [3.05, 3.63) is 16.1 Å². The van der Waals surface area contributed by atoms with Gasteiger partial charge in [0.1, 0.15) is 5.75 Å². The summed E-state index contributed by atoms with van der Waals surface area (Å²) in [4.78, 5) is 11.1. The number of phenols is 1. The summed E-state index contributed by atoms with van der Waals surface area (Å²) in [6.45, 7) is 0. The van der Waals surface area contributed by atoms with E-state index < -0.39 is 5.97 Å². The molecule has 0 aromatic heterocycles. The zero-order chi connectivity index (χ0) is 14.9. The Labute approximate surface area is 125 Å². The Bertz CT molecular complexity index is 525. The van der Waals surface area contributed by atoms with Crippen LogP contribution in [0.2, 0.25) is 0 Å². The van der Waals surface area contributed by atoms with Crippen LogP contribution in [0.3, 0.4) is 0 Å². The molecule has 1 aromatic rings. The summed E-state index contributed by atoms with van der Waals surface area (Å²) in [6, 6.07) is 1.47. The summed E-state index contributed by atoms with van der Waals surface area (Å²) >= 11 is 3.41. The van der Waals surface area contributed by atoms with Crippen LogP contribution in [0.1, 0.15) is 30.7 Å². The van der Waals surface area contributed by atoms with Crippen LogP contribution < -0.4 is 9.47 Å². The fourth-order valence-electron chi connectivity index (χ4n) is 2.50. The second kappa shape index (κ2) is 5.91. The molecule has 2 N–H and O–H groups in total. The van der Waals surface area contributed by atoms with E-state index in [1.54, 1.807) is 0 Å². The molecular weight excluding hydrogens is 328 g/mol. The van der Waals surface area contributed by atoms with E-state index in [2.05, 4.69) is 15.9 Å². The Morgan fingerprint density at radius 3 is 2.55 bits per heavy atom. The Morgan fingerprint density at radius 2 is 2.10 bits per heavy atom. The van der Waals surface area contributed by atoms with E-state index in [9.17, 15) is 9.90 Å². The van der Waals surface area contributed by atoms with Crippen molar-refractivity contribution in [1.82, 2.24) is 0 Å². The number of carboxylic acid groups (broad SMARTS) is 1. The highest BCUT2D eigenvalue weighted by molar-refractivity contribution is 9.10. The van der Waals surface area contributed by atoms with Gasteiger partial charge in [-0.25, -0.2) is 0 Å². The van der Waals surface area contributed by atoms with Gasteiger partial charge >= 0.3 is 5.97 Å². The van der Waals surface area contributed by atoms with E-state index in [0.717, 1.165) is 12.8 Å². The lowest BCUT2D eigenvalue weighted by Gasteiger charge is -2.21. The molecule has 6 heteroatoms. The molecule has 1 fully saturated rings. The summed E-state index contributed by atoms with van der Waals surface area (Å²) in [5, 5.41) is 19.3. The van der Waals surface area contributed by atoms with Gasteiger partial charge in [0, 0.05) is 17.5 Å². The molecule has 5 nitrogen and oxygen atoms in total. The molecule has 110 valence electrons. The fourth-order valence-corrected chi connectivity index (χ4v) is 3.35. The van der Waals surface area contributed by atoms with Gasteiger partial charge in [-0.15, -0.1) is 0 Å². The molecule has 0 aliphatic heterocycles. The average Bonchev–Trinajstić information content (AvgIpc) is 3.20. The van der Waals surface area contributed by atoms with E-state index >= 15 is 0 Å². The van der Waals surface area contributed by atoms with E-state index in [1.165, 1.54) is 20.3 Å². The van der Waals surface area contributed by atoms with Crippen LogP contribution in [0.15, 0.2) is 10.5 Å². The van der Waals surface area contributed by atoms with E-state index in [0.29, 0.717) is 27.5 Å². The monoisotopic (exact) mass is 344 g/mol. The standard InChI is InChI=1S/C14H17BrO5/c1-19-10-6-9(16)12(13(15)14(10)20-2)8(5-11(17)18)7-3-4-7/h6-8,16H,3-5H2,1-2H3,(H,17,18). The van der Waals surface area contributed by atoms with Crippen molar-refractivity contribution in [3.8, 4) is 17.2 Å². The van der Waals surface area contributed by atoms with Crippen LogP contribution in [0, 0.1) is 5.92 Å². The molecule has 1 aromatic carbocycles. The Morgan fingerprint density at radius 1 is 1.45 bits per heavy atom. The van der Waals surface area contributed by atoms with Crippen molar-refractivity contribution in [2.24, 2.45) is 5.92 Å². The number of aliphatic carboxylic acids is 1. The van der Waals surface area contributed by atoms with E-state index in [4.69, 9.17) is 14.6 Å². The molecule has 0 radical (unpaired) electrons. The maximum absolute atomic E-state index is 11.1. The van der Waals surface area contributed by atoms with Crippen LogP contribution >= 0.6 is 15.9 Å². The number of hydrogen-bond acceptors (Lipinski definition) is 4. The maximum Gasteiger partial charge on any atom is 0.303 e. The first kappa shape index (κ1) is 15.0. The van der Waals surface area contributed by atoms with Crippen LogP contribution in [0.5, 0.6) is 17.2 Å². The molecule has 0 bridgehead atoms. The first-order valence-electron chi connectivity index (χ1n) is 6.34. The lowest BCUT2D eigenvalue weighted by molar-refractivity contribution is -0.137. The Kier molecular flexibility index (Phi) is 4.42. The van der Waals surface area contributed by atoms with Gasteiger partial charge in [0.25, 0.3) is 0 Å². The lowest BCUT2D eigenvalue weighted by Crippen LogP contribution is -2.10. The second-order valence-corrected chi connectivity index (χ2v) is 5.69. The number of hydrogen-bond donors (Lipinski definition) is 2. The molecular formula is C14H17BrO5. The molecule has 0 saturated heterocycles. The fraction of sp³-hybridized carbons (Fsp3) is 0.500. The SMILES string of the molecule is COc1cc(O)c(C(CC(=O)O)C2CC2)c(Br)c1OC. The number of carbonyl (C=O) groups is 1. The van der Waals surface area contributed by atoms with Gasteiger partial charge in [0.2, 0.25) is 0 Å². The second-order valence-electron chi connectivity index (χ2n) is 4.90. The molecule has 20 heavy (non-hydrogen) atoms. The number of methoxy groups -OCH3 is 2. The Hall–Kier alpha value is -1.43. The highest BCUT2D eigenvalue weighted by Gasteiger charge is 2.37. The highest BCUT2D eigenvalue weighted by Crippen LogP contribution is 2.53. The molecule has 0 amide bonds. The largest absolute Gasteiger partial charge is 0.507 e. The normalized spacial score (nSPS) is 15.8. The maximum atomic E-state index is 11.1. The minimum absolute atomic E-state index is 0.00763. The van der Waals surface area contributed by atoms with E-state index in [1.807, 2.05) is 0 Å². The minimum Gasteiger partial charge on any atom is -0.507 e. The van der Waals surface area contributed by atoms with Gasteiger partial charge in [0.05, 0.1) is 25.1 Å². The summed E-state index contributed by atoms with van der Waals surface area (Å²) in [6.07, 6.45) is 1.96. The van der Waals surface area contributed by atoms with Gasteiger partial charge in [-0.3, -0.25) is 4.79 Å². The number of halogens is 1. The summed E-state index contributed by atoms with van der Waals surface area (Å²) in [7, 11) is 2.99. The van der Waals surface area contributed by atoms with Crippen LogP contribution in [0.25, 0.3) is 0 Å². The number of phenolic OH excluding ortho intramolecular Hbond substituents is 1. The van der Waals surface area contributed by atoms with Crippen molar-refractivity contribution in [3.63, 3.8) is 0 Å². The minimum atomic E-state index is -0.872. The number of rotatable bonds is 6. The van der Waals surface area contributed by atoms with Crippen molar-refractivity contribution in [2.75, 3.05) is 14.2 Å². The van der Waals surface area contributed by atoms with Gasteiger partial charge in [-0.05, 0) is 34.7 Å². The summed E-state index contributed by atoms with van der Waals surface area (Å²) in [5.74, 6) is 0.116. The van der Waals surface area contributed by atoms with Crippen molar-refractivity contribution in [1.29, 1.82) is 0 Å². The number of aromatic hydroxyl groups is 1. The number of ether oxygens (including phenoxy) is 2. The predicted molar refractivity (Wildman–Crippen MR) is 76.6 cm³/mol. The zero-order valence-corrected chi connectivity index (χ0v) is 12.9. The van der Waals surface area contributed by atoms with Gasteiger partial charge in [0.15, 0.2) is 11.5 Å².